The third-order valence-corrected chi connectivity index (χ3v) is 6.41. The first-order valence-corrected chi connectivity index (χ1v) is 10.8. The molecular weight excluding hydrogens is 350 g/mol. The van der Waals surface area contributed by atoms with Gasteiger partial charge in [-0.25, -0.2) is 0 Å². The number of carbonyl (C=O) groups is 2. The molecule has 1 amide bonds. The molecular formula is C20H23NO2S2. The van der Waals surface area contributed by atoms with Gasteiger partial charge < -0.3 is 4.90 Å². The highest BCUT2D eigenvalue weighted by atomic mass is 32.2. The predicted molar refractivity (Wildman–Crippen MR) is 104 cm³/mol. The number of likely N-dealkylation sites (tertiary alicyclic amines) is 1. The first-order valence-electron chi connectivity index (χ1n) is 8.66. The van der Waals surface area contributed by atoms with Gasteiger partial charge in [0, 0.05) is 40.8 Å². The fourth-order valence-corrected chi connectivity index (χ4v) is 4.64. The van der Waals surface area contributed by atoms with Crippen LogP contribution in [0.2, 0.25) is 0 Å². The van der Waals surface area contributed by atoms with E-state index < -0.39 is 0 Å². The Morgan fingerprint density at radius 1 is 1.24 bits per heavy atom. The zero-order valence-corrected chi connectivity index (χ0v) is 16.1. The number of aryl methyl sites for hydroxylation is 1. The van der Waals surface area contributed by atoms with Gasteiger partial charge in [-0.05, 0) is 43.0 Å². The van der Waals surface area contributed by atoms with Crippen molar-refractivity contribution in [1.82, 2.24) is 4.90 Å². The largest absolute Gasteiger partial charge is 0.342 e. The topological polar surface area (TPSA) is 37.4 Å². The van der Waals surface area contributed by atoms with Crippen LogP contribution in [0.15, 0.2) is 46.7 Å². The maximum atomic E-state index is 12.9. The number of carbonyl (C=O) groups excluding carboxylic acids is 2. The molecule has 1 aromatic heterocycles. The maximum Gasteiger partial charge on any atom is 0.222 e. The number of piperidine rings is 1. The zero-order chi connectivity index (χ0) is 17.6. The molecule has 0 radical (unpaired) electrons. The number of thioether (sulfide) groups is 1. The van der Waals surface area contributed by atoms with Crippen LogP contribution in [0, 0.1) is 5.92 Å². The molecule has 1 fully saturated rings. The van der Waals surface area contributed by atoms with Gasteiger partial charge in [0.1, 0.15) is 0 Å². The summed E-state index contributed by atoms with van der Waals surface area (Å²) in [5, 5.41) is 2.04. The first kappa shape index (κ1) is 18.2. The van der Waals surface area contributed by atoms with Crippen molar-refractivity contribution in [3.05, 3.63) is 52.2 Å². The average molecular weight is 374 g/mol. The van der Waals surface area contributed by atoms with E-state index in [9.17, 15) is 9.59 Å². The molecule has 132 valence electrons. The molecule has 1 aliphatic rings. The summed E-state index contributed by atoms with van der Waals surface area (Å²) in [6.45, 7) is 1.34. The van der Waals surface area contributed by atoms with E-state index >= 15 is 0 Å². The van der Waals surface area contributed by atoms with E-state index in [0.717, 1.165) is 36.3 Å². The molecule has 0 saturated carbocycles. The normalized spacial score (nSPS) is 17.5. The standard InChI is InChI=1S/C20H23NO2S2/c1-24-18-9-3-2-8-17(18)20(23)15-6-4-12-21(14-15)19(22)11-10-16-7-5-13-25-16/h2-3,5,7-9,13,15H,4,6,10-12,14H2,1H3. The Morgan fingerprint density at radius 2 is 2.08 bits per heavy atom. The average Bonchev–Trinajstić information content (AvgIpc) is 3.19. The quantitative estimate of drug-likeness (QED) is 0.552. The van der Waals surface area contributed by atoms with Crippen molar-refractivity contribution in [2.75, 3.05) is 19.3 Å². The van der Waals surface area contributed by atoms with Crippen LogP contribution in [0.3, 0.4) is 0 Å². The van der Waals surface area contributed by atoms with Gasteiger partial charge in [-0.2, -0.15) is 0 Å². The summed E-state index contributed by atoms with van der Waals surface area (Å²) < 4.78 is 0. The molecule has 5 heteroatoms. The van der Waals surface area contributed by atoms with Crippen molar-refractivity contribution in [3.8, 4) is 0 Å². The summed E-state index contributed by atoms with van der Waals surface area (Å²) >= 11 is 3.29. The molecule has 25 heavy (non-hydrogen) atoms. The first-order chi connectivity index (χ1) is 12.2. The van der Waals surface area contributed by atoms with Crippen molar-refractivity contribution in [3.63, 3.8) is 0 Å². The van der Waals surface area contributed by atoms with Gasteiger partial charge in [0.05, 0.1) is 0 Å². The lowest BCUT2D eigenvalue weighted by Gasteiger charge is -2.32. The maximum absolute atomic E-state index is 12.9. The van der Waals surface area contributed by atoms with Crippen LogP contribution < -0.4 is 0 Å². The highest BCUT2D eigenvalue weighted by molar-refractivity contribution is 7.98. The van der Waals surface area contributed by atoms with Crippen LogP contribution in [0.5, 0.6) is 0 Å². The van der Waals surface area contributed by atoms with E-state index in [0.29, 0.717) is 13.0 Å². The third-order valence-electron chi connectivity index (χ3n) is 4.68. The molecule has 3 rings (SSSR count). The highest BCUT2D eigenvalue weighted by Crippen LogP contribution is 2.27. The summed E-state index contributed by atoms with van der Waals surface area (Å²) in [5.41, 5.74) is 0.799. The third kappa shape index (κ3) is 4.53. The second kappa shape index (κ2) is 8.68. The number of hydrogen-bond acceptors (Lipinski definition) is 4. The summed E-state index contributed by atoms with van der Waals surface area (Å²) in [6, 6.07) is 11.9. The van der Waals surface area contributed by atoms with Crippen molar-refractivity contribution in [2.24, 2.45) is 5.92 Å². The van der Waals surface area contributed by atoms with Crippen molar-refractivity contribution < 1.29 is 9.59 Å². The summed E-state index contributed by atoms with van der Waals surface area (Å²) in [7, 11) is 0. The van der Waals surface area contributed by atoms with E-state index in [1.54, 1.807) is 23.1 Å². The Balaban J connectivity index is 1.62. The van der Waals surface area contributed by atoms with Crippen molar-refractivity contribution >= 4 is 34.8 Å². The number of nitrogens with zero attached hydrogens (tertiary/aromatic N) is 1. The van der Waals surface area contributed by atoms with Crippen LogP contribution in [-0.4, -0.2) is 35.9 Å². The summed E-state index contributed by atoms with van der Waals surface area (Å²) in [6.07, 6.45) is 5.09. The fraction of sp³-hybridized carbons (Fsp3) is 0.400. The molecule has 0 spiro atoms. The van der Waals surface area contributed by atoms with Crippen LogP contribution in [0.1, 0.15) is 34.5 Å². The lowest BCUT2D eigenvalue weighted by atomic mass is 9.89. The molecule has 1 atom stereocenters. The SMILES string of the molecule is CSc1ccccc1C(=O)C1CCCN(C(=O)CCc2cccs2)C1. The van der Waals surface area contributed by atoms with Gasteiger partial charge in [0.15, 0.2) is 5.78 Å². The summed E-state index contributed by atoms with van der Waals surface area (Å²) in [4.78, 5) is 29.6. The number of thiophene rings is 1. The van der Waals surface area contributed by atoms with Gasteiger partial charge in [-0.15, -0.1) is 23.1 Å². The van der Waals surface area contributed by atoms with E-state index in [1.807, 2.05) is 46.9 Å². The number of Topliss-reactive ketones (excluding diaryl/α,β-unsaturated/α-hetero) is 1. The molecule has 0 aliphatic carbocycles. The predicted octanol–water partition coefficient (Wildman–Crippen LogP) is 4.52. The van der Waals surface area contributed by atoms with E-state index in [-0.39, 0.29) is 17.6 Å². The van der Waals surface area contributed by atoms with Crippen LogP contribution in [0.4, 0.5) is 0 Å². The Labute approximate surface area is 157 Å². The van der Waals surface area contributed by atoms with Crippen LogP contribution >= 0.6 is 23.1 Å². The molecule has 0 bridgehead atoms. The van der Waals surface area contributed by atoms with Crippen LogP contribution in [-0.2, 0) is 11.2 Å². The molecule has 2 aromatic rings. The zero-order valence-electron chi connectivity index (χ0n) is 14.4. The lowest BCUT2D eigenvalue weighted by Crippen LogP contribution is -2.42. The highest BCUT2D eigenvalue weighted by Gasteiger charge is 2.29. The minimum Gasteiger partial charge on any atom is -0.342 e. The Bertz CT molecular complexity index is 727. The van der Waals surface area contributed by atoms with Crippen molar-refractivity contribution in [2.45, 2.75) is 30.6 Å². The lowest BCUT2D eigenvalue weighted by molar-refractivity contribution is -0.132. The van der Waals surface area contributed by atoms with E-state index in [4.69, 9.17) is 0 Å². The minimum atomic E-state index is -0.0762. The molecule has 2 heterocycles. The Kier molecular flexibility index (Phi) is 6.32. The minimum absolute atomic E-state index is 0.0762. The molecule has 1 aliphatic heterocycles. The molecule has 1 aromatic carbocycles. The number of amides is 1. The molecule has 1 unspecified atom stereocenters. The summed E-state index contributed by atoms with van der Waals surface area (Å²) in [5.74, 6) is 0.275. The second-order valence-electron chi connectivity index (χ2n) is 6.32. The van der Waals surface area contributed by atoms with Gasteiger partial charge >= 0.3 is 0 Å². The number of ketones is 1. The number of benzene rings is 1. The smallest absolute Gasteiger partial charge is 0.222 e. The molecule has 1 saturated heterocycles. The van der Waals surface area contributed by atoms with Crippen LogP contribution in [0.25, 0.3) is 0 Å². The van der Waals surface area contributed by atoms with E-state index in [1.165, 1.54) is 4.88 Å². The second-order valence-corrected chi connectivity index (χ2v) is 8.20. The van der Waals surface area contributed by atoms with E-state index in [2.05, 4.69) is 6.07 Å². The molecule has 3 nitrogen and oxygen atoms in total. The van der Waals surface area contributed by atoms with Gasteiger partial charge in [0.2, 0.25) is 5.91 Å². The van der Waals surface area contributed by atoms with Gasteiger partial charge in [0.25, 0.3) is 0 Å². The van der Waals surface area contributed by atoms with Gasteiger partial charge in [-0.1, -0.05) is 24.3 Å². The Hall–Kier alpha value is -1.59. The van der Waals surface area contributed by atoms with Crippen molar-refractivity contribution in [1.29, 1.82) is 0 Å². The Morgan fingerprint density at radius 3 is 2.84 bits per heavy atom. The monoisotopic (exact) mass is 373 g/mol. The molecule has 0 N–H and O–H groups in total. The van der Waals surface area contributed by atoms with Gasteiger partial charge in [-0.3, -0.25) is 9.59 Å². The number of rotatable bonds is 6. The number of hydrogen-bond donors (Lipinski definition) is 0. The fourth-order valence-electron chi connectivity index (χ4n) is 3.33.